The molecule has 0 spiro atoms. The van der Waals surface area contributed by atoms with Gasteiger partial charge >= 0.3 is 0 Å². The summed E-state index contributed by atoms with van der Waals surface area (Å²) in [7, 11) is 0. The molecule has 0 N–H and O–H groups in total. The van der Waals surface area contributed by atoms with Crippen LogP contribution in [0, 0.1) is 5.92 Å². The minimum absolute atomic E-state index is 0.168. The van der Waals surface area contributed by atoms with Crippen LogP contribution >= 0.6 is 0 Å². The first-order valence-electron chi connectivity index (χ1n) is 6.87. The second kappa shape index (κ2) is 5.48. The Morgan fingerprint density at radius 1 is 1.35 bits per heavy atom. The minimum Gasteiger partial charge on any atom is -0.294 e. The summed E-state index contributed by atoms with van der Waals surface area (Å²) in [5.41, 5.74) is 2.28. The normalized spacial score (nSPS) is 17.5. The van der Waals surface area contributed by atoms with Crippen LogP contribution < -0.4 is 0 Å². The van der Waals surface area contributed by atoms with Crippen molar-refractivity contribution in [3.8, 4) is 0 Å². The largest absolute Gasteiger partial charge is 0.294 e. The highest BCUT2D eigenvalue weighted by atomic mass is 16.1. The SMILES string of the molecule is CCCC(C)C(=O)c1ccccc1C1CCC1. The Balaban J connectivity index is 2.21. The Morgan fingerprint density at radius 2 is 2.06 bits per heavy atom. The standard InChI is InChI=1S/C16H22O/c1-3-7-12(2)16(17)15-11-5-4-10-14(15)13-8-6-9-13/h4-5,10-13H,3,6-9H2,1-2H3. The predicted molar refractivity (Wildman–Crippen MR) is 71.4 cm³/mol. The summed E-state index contributed by atoms with van der Waals surface area (Å²) in [6.45, 7) is 4.20. The van der Waals surface area contributed by atoms with E-state index in [1.807, 2.05) is 12.1 Å². The van der Waals surface area contributed by atoms with Crippen LogP contribution in [0.3, 0.4) is 0 Å². The Kier molecular flexibility index (Phi) is 3.98. The molecule has 0 radical (unpaired) electrons. The zero-order valence-corrected chi connectivity index (χ0v) is 10.9. The molecule has 0 amide bonds. The monoisotopic (exact) mass is 230 g/mol. The van der Waals surface area contributed by atoms with E-state index in [0.29, 0.717) is 11.7 Å². The number of hydrogen-bond acceptors (Lipinski definition) is 1. The molecule has 92 valence electrons. The fraction of sp³-hybridized carbons (Fsp3) is 0.562. The van der Waals surface area contributed by atoms with Crippen LogP contribution in [0.15, 0.2) is 24.3 Å². The van der Waals surface area contributed by atoms with Crippen molar-refractivity contribution in [3.05, 3.63) is 35.4 Å². The van der Waals surface area contributed by atoms with Crippen LogP contribution in [0.25, 0.3) is 0 Å². The van der Waals surface area contributed by atoms with Gasteiger partial charge in [-0.05, 0) is 30.7 Å². The topological polar surface area (TPSA) is 17.1 Å². The molecule has 0 bridgehead atoms. The lowest BCUT2D eigenvalue weighted by Gasteiger charge is -2.28. The molecule has 1 atom stereocenters. The summed E-state index contributed by atoms with van der Waals surface area (Å²) >= 11 is 0. The van der Waals surface area contributed by atoms with Crippen molar-refractivity contribution >= 4 is 5.78 Å². The Hall–Kier alpha value is -1.11. The van der Waals surface area contributed by atoms with E-state index in [-0.39, 0.29) is 5.92 Å². The van der Waals surface area contributed by atoms with Gasteiger partial charge in [-0.1, -0.05) is 51.0 Å². The maximum absolute atomic E-state index is 12.4. The fourth-order valence-corrected chi connectivity index (χ4v) is 2.63. The van der Waals surface area contributed by atoms with Crippen molar-refractivity contribution in [2.45, 2.75) is 51.9 Å². The van der Waals surface area contributed by atoms with Gasteiger partial charge in [-0.3, -0.25) is 4.79 Å². The lowest BCUT2D eigenvalue weighted by atomic mass is 9.76. The molecule has 1 nitrogen and oxygen atoms in total. The number of benzene rings is 1. The molecular formula is C16H22O. The zero-order chi connectivity index (χ0) is 12.3. The first-order valence-corrected chi connectivity index (χ1v) is 6.87. The molecule has 1 aliphatic carbocycles. The summed E-state index contributed by atoms with van der Waals surface area (Å²) in [4.78, 5) is 12.4. The van der Waals surface area contributed by atoms with Crippen molar-refractivity contribution in [3.63, 3.8) is 0 Å². The van der Waals surface area contributed by atoms with Crippen molar-refractivity contribution < 1.29 is 4.79 Å². The van der Waals surface area contributed by atoms with Crippen molar-refractivity contribution in [2.75, 3.05) is 0 Å². The number of carbonyl (C=O) groups is 1. The first kappa shape index (κ1) is 12.3. The molecule has 1 aromatic carbocycles. The van der Waals surface area contributed by atoms with Gasteiger partial charge in [0, 0.05) is 11.5 Å². The zero-order valence-electron chi connectivity index (χ0n) is 10.9. The first-order chi connectivity index (χ1) is 8.24. The van der Waals surface area contributed by atoms with Crippen molar-refractivity contribution in [1.82, 2.24) is 0 Å². The van der Waals surface area contributed by atoms with E-state index in [2.05, 4.69) is 26.0 Å². The van der Waals surface area contributed by atoms with Crippen LogP contribution in [0.4, 0.5) is 0 Å². The Labute approximate surface area is 104 Å². The summed E-state index contributed by atoms with van der Waals surface area (Å²) < 4.78 is 0. The molecular weight excluding hydrogens is 208 g/mol. The third-order valence-electron chi connectivity index (χ3n) is 3.94. The number of ketones is 1. The number of carbonyl (C=O) groups excluding carboxylic acids is 1. The fourth-order valence-electron chi connectivity index (χ4n) is 2.63. The van der Waals surface area contributed by atoms with Gasteiger partial charge in [0.2, 0.25) is 0 Å². The van der Waals surface area contributed by atoms with Crippen LogP contribution in [0.1, 0.15) is 67.8 Å². The van der Waals surface area contributed by atoms with E-state index in [1.54, 1.807) is 0 Å². The highest BCUT2D eigenvalue weighted by Gasteiger charge is 2.25. The van der Waals surface area contributed by atoms with Gasteiger partial charge < -0.3 is 0 Å². The minimum atomic E-state index is 0.168. The molecule has 0 aromatic heterocycles. The lowest BCUT2D eigenvalue weighted by Crippen LogP contribution is -2.17. The Morgan fingerprint density at radius 3 is 2.65 bits per heavy atom. The third-order valence-corrected chi connectivity index (χ3v) is 3.94. The second-order valence-electron chi connectivity index (χ2n) is 5.27. The predicted octanol–water partition coefficient (Wildman–Crippen LogP) is 4.57. The summed E-state index contributed by atoms with van der Waals surface area (Å²) in [6, 6.07) is 8.22. The van der Waals surface area contributed by atoms with Gasteiger partial charge in [0.1, 0.15) is 0 Å². The molecule has 1 aliphatic rings. The van der Waals surface area contributed by atoms with E-state index in [1.165, 1.54) is 24.8 Å². The molecule has 17 heavy (non-hydrogen) atoms. The molecule has 0 saturated heterocycles. The highest BCUT2D eigenvalue weighted by molar-refractivity contribution is 5.99. The summed E-state index contributed by atoms with van der Waals surface area (Å²) in [5, 5.41) is 0. The number of hydrogen-bond donors (Lipinski definition) is 0. The van der Waals surface area contributed by atoms with Crippen molar-refractivity contribution in [2.24, 2.45) is 5.92 Å². The van der Waals surface area contributed by atoms with E-state index in [9.17, 15) is 4.79 Å². The van der Waals surface area contributed by atoms with Crippen molar-refractivity contribution in [1.29, 1.82) is 0 Å². The van der Waals surface area contributed by atoms with Gasteiger partial charge in [-0.15, -0.1) is 0 Å². The van der Waals surface area contributed by atoms with Gasteiger partial charge in [0.15, 0.2) is 5.78 Å². The van der Waals surface area contributed by atoms with Gasteiger partial charge in [-0.25, -0.2) is 0 Å². The average Bonchev–Trinajstić information content (AvgIpc) is 2.27. The molecule has 1 saturated carbocycles. The quantitative estimate of drug-likeness (QED) is 0.677. The maximum atomic E-state index is 12.4. The summed E-state index contributed by atoms with van der Waals surface area (Å²) in [6.07, 6.45) is 5.91. The second-order valence-corrected chi connectivity index (χ2v) is 5.27. The molecule has 0 heterocycles. The van der Waals surface area contributed by atoms with E-state index >= 15 is 0 Å². The molecule has 1 fully saturated rings. The van der Waals surface area contributed by atoms with Gasteiger partial charge in [-0.2, -0.15) is 0 Å². The van der Waals surface area contributed by atoms with E-state index in [4.69, 9.17) is 0 Å². The Bertz CT molecular complexity index is 390. The molecule has 1 aromatic rings. The highest BCUT2D eigenvalue weighted by Crippen LogP contribution is 2.38. The van der Waals surface area contributed by atoms with Crippen LogP contribution in [0.5, 0.6) is 0 Å². The van der Waals surface area contributed by atoms with E-state index in [0.717, 1.165) is 18.4 Å². The smallest absolute Gasteiger partial charge is 0.165 e. The van der Waals surface area contributed by atoms with Gasteiger partial charge in [0.25, 0.3) is 0 Å². The lowest BCUT2D eigenvalue weighted by molar-refractivity contribution is 0.0921. The van der Waals surface area contributed by atoms with Gasteiger partial charge in [0.05, 0.1) is 0 Å². The van der Waals surface area contributed by atoms with Crippen LogP contribution in [0.2, 0.25) is 0 Å². The summed E-state index contributed by atoms with van der Waals surface area (Å²) in [5.74, 6) is 1.15. The average molecular weight is 230 g/mol. The molecule has 0 aliphatic heterocycles. The molecule has 1 unspecified atom stereocenters. The number of rotatable bonds is 5. The molecule has 1 heteroatoms. The third kappa shape index (κ3) is 2.59. The van der Waals surface area contributed by atoms with Crippen LogP contribution in [-0.2, 0) is 0 Å². The molecule has 2 rings (SSSR count). The maximum Gasteiger partial charge on any atom is 0.165 e. The van der Waals surface area contributed by atoms with Crippen LogP contribution in [-0.4, -0.2) is 5.78 Å². The van der Waals surface area contributed by atoms with E-state index < -0.39 is 0 Å². The number of Topliss-reactive ketones (excluding diaryl/α,β-unsaturated/α-hetero) is 1.